The van der Waals surface area contributed by atoms with Crippen LogP contribution in [0.15, 0.2) is 167 Å². The highest BCUT2D eigenvalue weighted by molar-refractivity contribution is 7.21. The van der Waals surface area contributed by atoms with Crippen molar-refractivity contribution in [2.45, 2.75) is 77.0 Å². The molecule has 4 nitrogen and oxygen atoms in total. The van der Waals surface area contributed by atoms with Crippen molar-refractivity contribution in [3.8, 4) is 32.8 Å². The van der Waals surface area contributed by atoms with Gasteiger partial charge >= 0.3 is 5.63 Å². The van der Waals surface area contributed by atoms with E-state index in [0.717, 1.165) is 52.1 Å². The van der Waals surface area contributed by atoms with Crippen LogP contribution >= 0.6 is 11.3 Å². The van der Waals surface area contributed by atoms with Gasteiger partial charge in [-0.1, -0.05) is 149 Å². The van der Waals surface area contributed by atoms with E-state index < -0.39 is 0 Å². The summed E-state index contributed by atoms with van der Waals surface area (Å²) in [6.07, 6.45) is 7.13. The lowest BCUT2D eigenvalue weighted by Crippen LogP contribution is -2.44. The fourth-order valence-electron chi connectivity index (χ4n) is 12.0. The predicted molar refractivity (Wildman–Crippen MR) is 293 cm³/mol. The molecule has 69 heavy (non-hydrogen) atoms. The van der Waals surface area contributed by atoms with Crippen LogP contribution in [0.3, 0.4) is 0 Å². The number of hydrogen-bond acceptors (Lipinski definition) is 5. The molecule has 5 heteroatoms. The van der Waals surface area contributed by atoms with Gasteiger partial charge in [0.25, 0.3) is 0 Å². The second kappa shape index (κ2) is 16.0. The van der Waals surface area contributed by atoms with Gasteiger partial charge in [-0.3, -0.25) is 0 Å². The van der Waals surface area contributed by atoms with Crippen LogP contribution in [0.5, 0.6) is 0 Å². The van der Waals surface area contributed by atoms with Gasteiger partial charge in [0.2, 0.25) is 0 Å². The summed E-state index contributed by atoms with van der Waals surface area (Å²) in [4.78, 5) is 20.4. The van der Waals surface area contributed by atoms with Crippen LogP contribution in [-0.2, 0) is 23.7 Å². The van der Waals surface area contributed by atoms with E-state index >= 15 is 0 Å². The summed E-state index contributed by atoms with van der Waals surface area (Å²) in [5, 5.41) is 12.3. The zero-order chi connectivity index (χ0) is 46.6. The maximum absolute atomic E-state index is 13.2. The van der Waals surface area contributed by atoms with Gasteiger partial charge in [-0.25, -0.2) is 9.78 Å². The van der Waals surface area contributed by atoms with Crippen LogP contribution in [0.4, 0.5) is 5.69 Å². The van der Waals surface area contributed by atoms with E-state index in [4.69, 9.17) is 9.40 Å². The zero-order valence-electron chi connectivity index (χ0n) is 39.8. The minimum atomic E-state index is -0.300. The number of fused-ring (bicyclic) bond motifs is 8. The van der Waals surface area contributed by atoms with Crippen LogP contribution in [0.2, 0.25) is 0 Å². The van der Waals surface area contributed by atoms with Gasteiger partial charge in [0.15, 0.2) is 0 Å². The maximum atomic E-state index is 13.2. The Morgan fingerprint density at radius 2 is 1.10 bits per heavy atom. The summed E-state index contributed by atoms with van der Waals surface area (Å²) >= 11 is 1.54. The van der Waals surface area contributed by atoms with E-state index in [1.165, 1.54) is 119 Å². The van der Waals surface area contributed by atoms with Crippen LogP contribution in [-0.4, -0.2) is 18.1 Å². The number of para-hydroxylation sites is 1. The molecule has 14 rings (SSSR count). The second-order valence-electron chi connectivity index (χ2n) is 21.0. The molecule has 3 aliphatic rings. The van der Waals surface area contributed by atoms with Crippen LogP contribution in [0.1, 0.15) is 75.6 Å². The van der Waals surface area contributed by atoms with Crippen molar-refractivity contribution < 1.29 is 4.42 Å². The first-order valence-corrected chi connectivity index (χ1v) is 25.6. The fraction of sp³-hybridized carbons (Fsp3) is 0.219. The lowest BCUT2D eigenvalue weighted by atomic mass is 9.69. The number of hydrogen-bond donors (Lipinski definition) is 0. The first-order valence-electron chi connectivity index (χ1n) is 24.8. The molecule has 11 aromatic rings. The Morgan fingerprint density at radius 3 is 1.71 bits per heavy atom. The number of aromatic nitrogens is 1. The van der Waals surface area contributed by atoms with E-state index in [2.05, 4.69) is 160 Å². The van der Waals surface area contributed by atoms with Crippen molar-refractivity contribution >= 4 is 81.3 Å². The first kappa shape index (κ1) is 42.1. The average molecular weight is 915 g/mol. The van der Waals surface area contributed by atoms with E-state index in [-0.39, 0.29) is 16.5 Å². The Morgan fingerprint density at radius 1 is 0.551 bits per heavy atom. The van der Waals surface area contributed by atoms with Gasteiger partial charge in [-0.05, 0) is 168 Å². The lowest BCUT2D eigenvalue weighted by molar-refractivity contribution is 0.398. The molecule has 0 saturated carbocycles. The van der Waals surface area contributed by atoms with Crippen LogP contribution in [0, 0.1) is 0 Å². The number of nitrogens with zero attached hydrogens (tertiary/aromatic N) is 2. The Bertz CT molecular complexity index is 3780. The molecule has 0 atom stereocenters. The van der Waals surface area contributed by atoms with Crippen LogP contribution < -0.4 is 10.5 Å². The van der Waals surface area contributed by atoms with Crippen molar-refractivity contribution in [3.05, 3.63) is 190 Å². The third-order valence-corrected chi connectivity index (χ3v) is 16.9. The van der Waals surface area contributed by atoms with Gasteiger partial charge in [0.05, 0.1) is 15.8 Å². The molecular formula is C64H54N2O2S. The summed E-state index contributed by atoms with van der Waals surface area (Å²) < 4.78 is 7.18. The highest BCUT2D eigenvalue weighted by Gasteiger charge is 2.42. The normalized spacial score (nSPS) is 15.9. The number of rotatable bonds is 3. The standard InChI is InChI=1S/C38H28.C26H26N2O2S/c1-3-11-27-21-31(19-17-25(27)9-1)37-33-15-7-8-16-34(33)38(32-20-18-26-10-2-4-12-28(26)22-32)36-24-30-14-6-5-13-29(30)23-35(36)37;1-25(2)9-11-28-12-10-26(3,4)20-21(28)17(25)14-15-13-16(24(29)30-22(15)20)23-27-18-7-5-6-8-19(18)31-23/h1-4,7-12,15-24H,5-6,13-14H2;5-8,13-14H,9-12H2,1-4H3. The molecule has 0 N–H and O–H groups in total. The van der Waals surface area contributed by atoms with Gasteiger partial charge in [-0.15, -0.1) is 11.3 Å². The highest BCUT2D eigenvalue weighted by Crippen LogP contribution is 2.52. The van der Waals surface area contributed by atoms with Gasteiger partial charge in [-0.2, -0.15) is 0 Å². The predicted octanol–water partition coefficient (Wildman–Crippen LogP) is 16.8. The van der Waals surface area contributed by atoms with Crippen molar-refractivity contribution in [2.75, 3.05) is 18.0 Å². The van der Waals surface area contributed by atoms with E-state index in [9.17, 15) is 4.79 Å². The van der Waals surface area contributed by atoms with Crippen molar-refractivity contribution in [1.82, 2.24) is 4.98 Å². The monoisotopic (exact) mass is 914 g/mol. The second-order valence-corrected chi connectivity index (χ2v) is 22.1. The Kier molecular flexibility index (Phi) is 9.75. The quantitative estimate of drug-likeness (QED) is 0.131. The van der Waals surface area contributed by atoms with Gasteiger partial charge in [0.1, 0.15) is 10.6 Å². The topological polar surface area (TPSA) is 46.3 Å². The third kappa shape index (κ3) is 6.99. The molecule has 338 valence electrons. The summed E-state index contributed by atoms with van der Waals surface area (Å²) in [5.41, 5.74) is 14.2. The lowest BCUT2D eigenvalue weighted by Gasteiger charge is -2.48. The molecule has 0 unspecified atom stereocenters. The van der Waals surface area contributed by atoms with Gasteiger partial charge in [0, 0.05) is 29.7 Å². The van der Waals surface area contributed by atoms with Crippen LogP contribution in [0.25, 0.3) is 97.1 Å². The third-order valence-electron chi connectivity index (χ3n) is 15.8. The average Bonchev–Trinajstić information content (AvgIpc) is 3.80. The summed E-state index contributed by atoms with van der Waals surface area (Å²) in [6, 6.07) is 57.7. The first-order chi connectivity index (χ1) is 33.6. The molecule has 0 amide bonds. The molecule has 2 aliphatic heterocycles. The molecule has 2 aromatic heterocycles. The Labute approximate surface area is 406 Å². The van der Waals surface area contributed by atoms with Crippen molar-refractivity contribution in [3.63, 3.8) is 0 Å². The maximum Gasteiger partial charge on any atom is 0.346 e. The largest absolute Gasteiger partial charge is 0.422 e. The summed E-state index contributed by atoms with van der Waals surface area (Å²) in [5.74, 6) is 0. The minimum absolute atomic E-state index is 0.0408. The Hall–Kier alpha value is -7.08. The molecule has 9 aromatic carbocycles. The van der Waals surface area contributed by atoms with E-state index in [0.29, 0.717) is 5.56 Å². The van der Waals surface area contributed by atoms with E-state index in [1.807, 2.05) is 30.3 Å². The zero-order valence-corrected chi connectivity index (χ0v) is 40.6. The minimum Gasteiger partial charge on any atom is -0.422 e. The van der Waals surface area contributed by atoms with Crippen molar-refractivity contribution in [1.29, 1.82) is 0 Å². The molecule has 0 bridgehead atoms. The fourth-order valence-corrected chi connectivity index (χ4v) is 13.0. The highest BCUT2D eigenvalue weighted by atomic mass is 32.1. The van der Waals surface area contributed by atoms with Crippen molar-refractivity contribution in [2.24, 2.45) is 0 Å². The number of anilines is 1. The molecule has 0 saturated heterocycles. The molecule has 1 aliphatic carbocycles. The number of thiazole rings is 1. The SMILES string of the molecule is CC1(C)CCN2CCC(C)(C)c3c2c1cc1cc(-c2nc4ccccc4s2)c(=O)oc31.c1ccc2cc(-c3c4ccccc4c(-c4ccc5ccccc5c4)c4cc5c(cc34)CCCC5)ccc2c1. The molecular weight excluding hydrogens is 861 g/mol. The summed E-state index contributed by atoms with van der Waals surface area (Å²) in [7, 11) is 0. The molecule has 0 fully saturated rings. The molecule has 4 heterocycles. The molecule has 0 radical (unpaired) electrons. The molecule has 0 spiro atoms. The summed E-state index contributed by atoms with van der Waals surface area (Å²) in [6.45, 7) is 11.3. The smallest absolute Gasteiger partial charge is 0.346 e. The number of benzene rings is 9. The van der Waals surface area contributed by atoms with Gasteiger partial charge < -0.3 is 9.32 Å². The van der Waals surface area contributed by atoms with E-state index in [1.54, 1.807) is 11.3 Å². The number of aryl methyl sites for hydroxylation is 2. The Balaban J connectivity index is 0.000000139.